The molecule has 0 aliphatic carbocycles. The summed E-state index contributed by atoms with van der Waals surface area (Å²) in [7, 11) is 0. The molecule has 16 heavy (non-hydrogen) atoms. The zero-order chi connectivity index (χ0) is 12.2. The molecule has 0 heterocycles. The van der Waals surface area contributed by atoms with Crippen molar-refractivity contribution in [3.63, 3.8) is 0 Å². The molecule has 0 spiro atoms. The molecule has 90 valence electrons. The van der Waals surface area contributed by atoms with Gasteiger partial charge in [0.05, 0.1) is 0 Å². The summed E-state index contributed by atoms with van der Waals surface area (Å²) >= 11 is 5.85. The normalized spacial score (nSPS) is 11.8. The molecule has 0 aliphatic rings. The number of benzene rings is 1. The van der Waals surface area contributed by atoms with Gasteiger partial charge in [0, 0.05) is 11.6 Å². The number of hydrogen-bond donors (Lipinski definition) is 1. The molecule has 1 aromatic rings. The van der Waals surface area contributed by atoms with E-state index in [-0.39, 0.29) is 17.8 Å². The van der Waals surface area contributed by atoms with Crippen molar-refractivity contribution >= 4 is 11.6 Å². The second-order valence-electron chi connectivity index (χ2n) is 4.28. The Labute approximate surface area is 101 Å². The minimum atomic E-state index is -0.246. The lowest BCUT2D eigenvalue weighted by Gasteiger charge is -2.29. The van der Waals surface area contributed by atoms with Crippen LogP contribution < -0.4 is 0 Å². The van der Waals surface area contributed by atoms with Gasteiger partial charge in [0.2, 0.25) is 0 Å². The van der Waals surface area contributed by atoms with Gasteiger partial charge in [-0.2, -0.15) is 0 Å². The van der Waals surface area contributed by atoms with Crippen molar-refractivity contribution in [1.82, 2.24) is 0 Å². The van der Waals surface area contributed by atoms with Crippen molar-refractivity contribution in [3.05, 3.63) is 34.6 Å². The third-order valence-corrected chi connectivity index (χ3v) is 3.64. The molecule has 3 heteroatoms. The number of aliphatic hydroxyl groups is 1. The summed E-state index contributed by atoms with van der Waals surface area (Å²) in [5, 5.41) is 9.98. The first-order valence-corrected chi connectivity index (χ1v) is 5.99. The third-order valence-electron chi connectivity index (χ3n) is 3.41. The van der Waals surface area contributed by atoms with Gasteiger partial charge in [0.1, 0.15) is 5.82 Å². The largest absolute Gasteiger partial charge is 0.396 e. The second kappa shape index (κ2) is 5.65. The Hall–Kier alpha value is -0.600. The molecule has 0 saturated carbocycles. The molecule has 1 rings (SSSR count). The Kier molecular flexibility index (Phi) is 4.75. The maximum atomic E-state index is 13.6. The fourth-order valence-corrected chi connectivity index (χ4v) is 2.06. The van der Waals surface area contributed by atoms with Crippen LogP contribution in [0.4, 0.5) is 4.39 Å². The number of hydrogen-bond acceptors (Lipinski definition) is 1. The van der Waals surface area contributed by atoms with E-state index in [0.29, 0.717) is 17.0 Å². The summed E-state index contributed by atoms with van der Waals surface area (Å²) < 4.78 is 13.6. The van der Waals surface area contributed by atoms with Crippen molar-refractivity contribution in [2.24, 2.45) is 5.41 Å². The van der Waals surface area contributed by atoms with Crippen LogP contribution in [-0.2, 0) is 6.42 Å². The van der Waals surface area contributed by atoms with Crippen LogP contribution in [0.3, 0.4) is 0 Å². The molecule has 0 radical (unpaired) electrons. The minimum absolute atomic E-state index is 0.0754. The van der Waals surface area contributed by atoms with Gasteiger partial charge in [0.25, 0.3) is 0 Å². The Balaban J connectivity index is 2.97. The molecule has 0 bridgehead atoms. The fraction of sp³-hybridized carbons (Fsp3) is 0.538. The van der Waals surface area contributed by atoms with Crippen molar-refractivity contribution < 1.29 is 9.50 Å². The lowest BCUT2D eigenvalue weighted by molar-refractivity contribution is 0.114. The third kappa shape index (κ3) is 2.96. The van der Waals surface area contributed by atoms with Crippen LogP contribution in [0, 0.1) is 11.2 Å². The van der Waals surface area contributed by atoms with E-state index in [4.69, 9.17) is 11.6 Å². The van der Waals surface area contributed by atoms with E-state index in [9.17, 15) is 9.50 Å². The second-order valence-corrected chi connectivity index (χ2v) is 4.71. The fourth-order valence-electron chi connectivity index (χ4n) is 1.86. The maximum absolute atomic E-state index is 13.6. The first-order chi connectivity index (χ1) is 7.56. The van der Waals surface area contributed by atoms with Crippen LogP contribution in [0.5, 0.6) is 0 Å². The summed E-state index contributed by atoms with van der Waals surface area (Å²) in [6, 6.07) is 4.57. The van der Waals surface area contributed by atoms with Crippen LogP contribution in [0.1, 0.15) is 32.3 Å². The molecule has 0 saturated heterocycles. The maximum Gasteiger partial charge on any atom is 0.126 e. The number of rotatable bonds is 5. The monoisotopic (exact) mass is 244 g/mol. The molecule has 1 nitrogen and oxygen atoms in total. The van der Waals surface area contributed by atoms with Crippen LogP contribution in [0.2, 0.25) is 5.02 Å². The zero-order valence-electron chi connectivity index (χ0n) is 9.76. The highest BCUT2D eigenvalue weighted by Gasteiger charge is 2.26. The predicted molar refractivity (Wildman–Crippen MR) is 65.2 cm³/mol. The quantitative estimate of drug-likeness (QED) is 0.835. The first kappa shape index (κ1) is 13.5. The predicted octanol–water partition coefficient (Wildman–Crippen LogP) is 3.82. The van der Waals surface area contributed by atoms with Gasteiger partial charge in [-0.15, -0.1) is 0 Å². The van der Waals surface area contributed by atoms with Crippen molar-refractivity contribution in [2.75, 3.05) is 6.61 Å². The van der Waals surface area contributed by atoms with Crippen LogP contribution in [0.25, 0.3) is 0 Å². The molecule has 0 unspecified atom stereocenters. The topological polar surface area (TPSA) is 20.2 Å². The molecule has 0 aromatic heterocycles. The Morgan fingerprint density at radius 2 is 1.94 bits per heavy atom. The average molecular weight is 245 g/mol. The van der Waals surface area contributed by atoms with Crippen LogP contribution in [-0.4, -0.2) is 11.7 Å². The summed E-state index contributed by atoms with van der Waals surface area (Å²) in [4.78, 5) is 0. The summed E-state index contributed by atoms with van der Waals surface area (Å²) in [6.07, 6.45) is 2.18. The molecule has 0 amide bonds. The Morgan fingerprint density at radius 1 is 1.31 bits per heavy atom. The van der Waals surface area contributed by atoms with Gasteiger partial charge in [0.15, 0.2) is 0 Å². The van der Waals surface area contributed by atoms with Crippen molar-refractivity contribution in [2.45, 2.75) is 33.1 Å². The van der Waals surface area contributed by atoms with Gasteiger partial charge in [-0.1, -0.05) is 25.4 Å². The smallest absolute Gasteiger partial charge is 0.126 e. The van der Waals surface area contributed by atoms with E-state index < -0.39 is 0 Å². The minimum Gasteiger partial charge on any atom is -0.396 e. The standard InChI is InChI=1S/C13H18ClFO/c1-3-13(4-2,9-16)8-10-7-11(14)5-6-12(10)15/h5-7,16H,3-4,8-9H2,1-2H3. The Bertz CT molecular complexity index is 340. The lowest BCUT2D eigenvalue weighted by Crippen LogP contribution is -2.27. The van der Waals surface area contributed by atoms with Gasteiger partial charge < -0.3 is 5.11 Å². The highest BCUT2D eigenvalue weighted by atomic mass is 35.5. The van der Waals surface area contributed by atoms with E-state index >= 15 is 0 Å². The molecule has 0 fully saturated rings. The molecular weight excluding hydrogens is 227 g/mol. The van der Waals surface area contributed by atoms with Crippen LogP contribution in [0.15, 0.2) is 18.2 Å². The lowest BCUT2D eigenvalue weighted by atomic mass is 9.77. The highest BCUT2D eigenvalue weighted by molar-refractivity contribution is 6.30. The van der Waals surface area contributed by atoms with Gasteiger partial charge in [-0.25, -0.2) is 4.39 Å². The molecular formula is C13H18ClFO. The Morgan fingerprint density at radius 3 is 2.44 bits per heavy atom. The number of halogens is 2. The van der Waals surface area contributed by atoms with Gasteiger partial charge >= 0.3 is 0 Å². The van der Waals surface area contributed by atoms with E-state index in [1.54, 1.807) is 12.1 Å². The van der Waals surface area contributed by atoms with E-state index in [1.165, 1.54) is 6.07 Å². The molecule has 1 N–H and O–H groups in total. The summed E-state index contributed by atoms with van der Waals surface area (Å²) in [6.45, 7) is 4.11. The SMILES string of the molecule is CCC(CC)(CO)Cc1cc(Cl)ccc1F. The van der Waals surface area contributed by atoms with E-state index in [1.807, 2.05) is 13.8 Å². The summed E-state index contributed by atoms with van der Waals surface area (Å²) in [5.74, 6) is -0.246. The average Bonchev–Trinajstić information content (AvgIpc) is 2.31. The van der Waals surface area contributed by atoms with Gasteiger partial charge in [-0.3, -0.25) is 0 Å². The van der Waals surface area contributed by atoms with E-state index in [0.717, 1.165) is 12.8 Å². The number of aliphatic hydroxyl groups excluding tert-OH is 1. The molecule has 1 aromatic carbocycles. The molecule has 0 atom stereocenters. The van der Waals surface area contributed by atoms with Crippen molar-refractivity contribution in [1.29, 1.82) is 0 Å². The van der Waals surface area contributed by atoms with E-state index in [2.05, 4.69) is 0 Å². The van der Waals surface area contributed by atoms with Gasteiger partial charge in [-0.05, 0) is 48.4 Å². The van der Waals surface area contributed by atoms with Crippen LogP contribution >= 0.6 is 11.6 Å². The summed E-state index contributed by atoms with van der Waals surface area (Å²) in [5.41, 5.74) is 0.358. The first-order valence-electron chi connectivity index (χ1n) is 5.61. The molecule has 0 aliphatic heterocycles. The van der Waals surface area contributed by atoms with Crippen molar-refractivity contribution in [3.8, 4) is 0 Å². The highest BCUT2D eigenvalue weighted by Crippen LogP contribution is 2.32. The zero-order valence-corrected chi connectivity index (χ0v) is 10.5.